The summed E-state index contributed by atoms with van der Waals surface area (Å²) in [6.07, 6.45) is -4.57. The molecule has 0 saturated heterocycles. The first-order valence-corrected chi connectivity index (χ1v) is 4.60. The van der Waals surface area contributed by atoms with Gasteiger partial charge in [0.25, 0.3) is 0 Å². The van der Waals surface area contributed by atoms with E-state index in [0.29, 0.717) is 0 Å². The predicted octanol–water partition coefficient (Wildman–Crippen LogP) is 2.30. The Hall–Kier alpha value is -0.840. The van der Waals surface area contributed by atoms with Crippen molar-refractivity contribution in [1.82, 2.24) is 0 Å². The molecule has 1 aromatic rings. The van der Waals surface area contributed by atoms with Gasteiger partial charge in [-0.05, 0) is 12.1 Å². The maximum atomic E-state index is 12.3. The van der Waals surface area contributed by atoms with Crippen molar-refractivity contribution in [3.8, 4) is 5.75 Å². The van der Waals surface area contributed by atoms with Gasteiger partial charge in [-0.3, -0.25) is 0 Å². The fourth-order valence-electron chi connectivity index (χ4n) is 0.868. The van der Waals surface area contributed by atoms with Gasteiger partial charge in [0.1, 0.15) is 5.75 Å². The Labute approximate surface area is 78.8 Å². The van der Waals surface area contributed by atoms with E-state index in [4.69, 9.17) is 9.79 Å². The molecule has 0 saturated carbocycles. The zero-order chi connectivity index (χ0) is 10.8. The second-order valence-corrected chi connectivity index (χ2v) is 3.03. The minimum Gasteiger partial charge on any atom is -0.426 e. The van der Waals surface area contributed by atoms with Crippen LogP contribution in [0.2, 0.25) is 0 Å². The summed E-state index contributed by atoms with van der Waals surface area (Å²) in [5.41, 5.74) is -1.03. The highest BCUT2D eigenvalue weighted by Gasteiger charge is 2.34. The van der Waals surface area contributed by atoms with Gasteiger partial charge < -0.3 is 14.3 Å². The summed E-state index contributed by atoms with van der Waals surface area (Å²) in [6.45, 7) is 0. The Morgan fingerprint density at radius 2 is 1.71 bits per heavy atom. The molecule has 0 aliphatic heterocycles. The first-order valence-electron chi connectivity index (χ1n) is 3.43. The van der Waals surface area contributed by atoms with Crippen LogP contribution in [0, 0.1) is 0 Å². The van der Waals surface area contributed by atoms with E-state index in [-0.39, 0.29) is 0 Å². The normalized spacial score (nSPS) is 11.9. The van der Waals surface area contributed by atoms with E-state index in [1.165, 1.54) is 12.1 Å². The molecule has 0 radical (unpaired) electrons. The molecule has 2 N–H and O–H groups in total. The molecule has 0 aliphatic rings. The van der Waals surface area contributed by atoms with Gasteiger partial charge in [0.15, 0.2) is 0 Å². The summed E-state index contributed by atoms with van der Waals surface area (Å²) >= 11 is 0. The molecular weight excluding hydrogens is 220 g/mol. The summed E-state index contributed by atoms with van der Waals surface area (Å²) in [4.78, 5) is 16.9. The third-order valence-electron chi connectivity index (χ3n) is 1.37. The SMILES string of the molecule is OP(O)Oc1ccccc1C(F)(F)F. The first-order chi connectivity index (χ1) is 6.41. The summed E-state index contributed by atoms with van der Waals surface area (Å²) < 4.78 is 41.0. The Kier molecular flexibility index (Phi) is 3.31. The third kappa shape index (κ3) is 2.83. The maximum Gasteiger partial charge on any atom is 0.419 e. The maximum absolute atomic E-state index is 12.3. The fraction of sp³-hybridized carbons (Fsp3) is 0.143. The second-order valence-electron chi connectivity index (χ2n) is 2.34. The predicted molar refractivity (Wildman–Crippen MR) is 43.4 cm³/mol. The van der Waals surface area contributed by atoms with E-state index in [1.807, 2.05) is 0 Å². The summed E-state index contributed by atoms with van der Waals surface area (Å²) in [6, 6.07) is 4.31. The van der Waals surface area contributed by atoms with Gasteiger partial charge in [-0.25, -0.2) is 0 Å². The minimum absolute atomic E-state index is 0.587. The number of benzene rings is 1. The van der Waals surface area contributed by atoms with Crippen molar-refractivity contribution >= 4 is 8.60 Å². The van der Waals surface area contributed by atoms with Crippen molar-refractivity contribution in [2.75, 3.05) is 0 Å². The number of para-hydroxylation sites is 1. The minimum atomic E-state index is -4.57. The molecule has 0 aromatic heterocycles. The van der Waals surface area contributed by atoms with E-state index in [2.05, 4.69) is 4.52 Å². The van der Waals surface area contributed by atoms with Crippen LogP contribution in [0.1, 0.15) is 5.56 Å². The molecule has 78 valence electrons. The van der Waals surface area contributed by atoms with Crippen LogP contribution in [0.3, 0.4) is 0 Å². The molecule has 14 heavy (non-hydrogen) atoms. The van der Waals surface area contributed by atoms with Crippen LogP contribution >= 0.6 is 8.60 Å². The largest absolute Gasteiger partial charge is 0.426 e. The van der Waals surface area contributed by atoms with Crippen molar-refractivity contribution in [2.24, 2.45) is 0 Å². The smallest absolute Gasteiger partial charge is 0.419 e. The molecule has 1 aromatic carbocycles. The van der Waals surface area contributed by atoms with E-state index >= 15 is 0 Å². The quantitative estimate of drug-likeness (QED) is 0.760. The molecule has 0 unspecified atom stereocenters. The summed E-state index contributed by atoms with van der Waals surface area (Å²) in [5, 5.41) is 0. The van der Waals surface area contributed by atoms with Gasteiger partial charge in [0, 0.05) is 0 Å². The standard InChI is InChI=1S/C7H6F3O3P/c8-7(9,10)5-3-1-2-4-6(5)13-14(11)12/h1-4,11-12H. The number of alkyl halides is 3. The van der Waals surface area contributed by atoms with Gasteiger partial charge in [-0.15, -0.1) is 0 Å². The monoisotopic (exact) mass is 226 g/mol. The van der Waals surface area contributed by atoms with Crippen LogP contribution in [0.4, 0.5) is 13.2 Å². The molecule has 0 bridgehead atoms. The van der Waals surface area contributed by atoms with E-state index < -0.39 is 26.1 Å². The lowest BCUT2D eigenvalue weighted by Gasteiger charge is -2.12. The van der Waals surface area contributed by atoms with E-state index in [0.717, 1.165) is 12.1 Å². The lowest BCUT2D eigenvalue weighted by Crippen LogP contribution is -2.06. The zero-order valence-corrected chi connectivity index (χ0v) is 7.59. The van der Waals surface area contributed by atoms with Crippen molar-refractivity contribution in [3.05, 3.63) is 29.8 Å². The highest BCUT2D eigenvalue weighted by Crippen LogP contribution is 2.40. The summed E-state index contributed by atoms with van der Waals surface area (Å²) in [7, 11) is -2.84. The number of halogens is 3. The first kappa shape index (κ1) is 11.2. The van der Waals surface area contributed by atoms with Crippen LogP contribution in [0.15, 0.2) is 24.3 Å². The van der Waals surface area contributed by atoms with Gasteiger partial charge >= 0.3 is 14.8 Å². The lowest BCUT2D eigenvalue weighted by molar-refractivity contribution is -0.138. The highest BCUT2D eigenvalue weighted by atomic mass is 31.2. The fourth-order valence-corrected chi connectivity index (χ4v) is 1.20. The van der Waals surface area contributed by atoms with Crippen molar-refractivity contribution < 1.29 is 27.5 Å². The highest BCUT2D eigenvalue weighted by molar-refractivity contribution is 7.39. The Balaban J connectivity index is 3.04. The Bertz CT molecular complexity index is 313. The second kappa shape index (κ2) is 4.13. The van der Waals surface area contributed by atoms with Crippen LogP contribution in [-0.4, -0.2) is 9.79 Å². The van der Waals surface area contributed by atoms with Crippen LogP contribution in [0.25, 0.3) is 0 Å². The van der Waals surface area contributed by atoms with E-state index in [1.54, 1.807) is 0 Å². The van der Waals surface area contributed by atoms with Gasteiger partial charge in [-0.2, -0.15) is 13.2 Å². The molecule has 0 amide bonds. The molecule has 0 aliphatic carbocycles. The Morgan fingerprint density at radius 3 is 2.21 bits per heavy atom. The molecule has 1 rings (SSSR count). The van der Waals surface area contributed by atoms with Crippen LogP contribution < -0.4 is 4.52 Å². The lowest BCUT2D eigenvalue weighted by atomic mass is 10.2. The van der Waals surface area contributed by atoms with Crippen LogP contribution in [0.5, 0.6) is 5.75 Å². The Morgan fingerprint density at radius 1 is 1.14 bits per heavy atom. The number of rotatable bonds is 2. The third-order valence-corrected chi connectivity index (χ3v) is 1.73. The molecule has 0 heterocycles. The molecule has 7 heteroatoms. The average molecular weight is 226 g/mol. The molecule has 3 nitrogen and oxygen atoms in total. The molecule has 0 atom stereocenters. The average Bonchev–Trinajstić information content (AvgIpc) is 2.01. The van der Waals surface area contributed by atoms with Gasteiger partial charge in [0.05, 0.1) is 5.56 Å². The van der Waals surface area contributed by atoms with Crippen molar-refractivity contribution in [3.63, 3.8) is 0 Å². The molecule has 0 fully saturated rings. The van der Waals surface area contributed by atoms with Crippen molar-refractivity contribution in [2.45, 2.75) is 6.18 Å². The van der Waals surface area contributed by atoms with E-state index in [9.17, 15) is 13.2 Å². The summed E-state index contributed by atoms with van der Waals surface area (Å²) in [5.74, 6) is -0.587. The topological polar surface area (TPSA) is 49.7 Å². The number of hydrogen-bond donors (Lipinski definition) is 2. The van der Waals surface area contributed by atoms with Gasteiger partial charge in [0.2, 0.25) is 0 Å². The van der Waals surface area contributed by atoms with Crippen LogP contribution in [-0.2, 0) is 6.18 Å². The van der Waals surface area contributed by atoms with Gasteiger partial charge in [-0.1, -0.05) is 12.1 Å². The number of hydrogen-bond acceptors (Lipinski definition) is 3. The molecule has 0 spiro atoms. The molecular formula is C7H6F3O3P. The zero-order valence-electron chi connectivity index (χ0n) is 6.69. The van der Waals surface area contributed by atoms with Crippen molar-refractivity contribution in [1.29, 1.82) is 0 Å².